The van der Waals surface area contributed by atoms with Crippen molar-refractivity contribution in [2.24, 2.45) is 4.99 Å². The van der Waals surface area contributed by atoms with Crippen molar-refractivity contribution in [2.45, 2.75) is 31.1 Å². The van der Waals surface area contributed by atoms with Crippen molar-refractivity contribution in [3.05, 3.63) is 49.7 Å². The van der Waals surface area contributed by atoms with Gasteiger partial charge in [0.1, 0.15) is 0 Å². The fourth-order valence-corrected chi connectivity index (χ4v) is 5.08. The molecule has 1 N–H and O–H groups in total. The molecule has 3 heterocycles. The molecule has 0 unspecified atom stereocenters. The third-order valence-electron chi connectivity index (χ3n) is 4.55. The number of H-pyrrole nitrogens is 1. The monoisotopic (exact) mass is 397 g/mol. The predicted octanol–water partition coefficient (Wildman–Crippen LogP) is 4.72. The predicted molar refractivity (Wildman–Crippen MR) is 103 cm³/mol. The van der Waals surface area contributed by atoms with E-state index < -0.39 is 0 Å². The highest BCUT2D eigenvalue weighted by molar-refractivity contribution is 8.14. The fraction of sp³-hybridized carbons (Fsp3) is 0.412. The first-order valence-corrected chi connectivity index (χ1v) is 9.77. The van der Waals surface area contributed by atoms with Gasteiger partial charge in [0.25, 0.3) is 5.56 Å². The van der Waals surface area contributed by atoms with Crippen molar-refractivity contribution < 1.29 is 4.74 Å². The zero-order valence-corrected chi connectivity index (χ0v) is 15.9. The Morgan fingerprint density at radius 1 is 1.32 bits per heavy atom. The minimum absolute atomic E-state index is 0.110. The number of thioether (sulfide) groups is 1. The molecule has 2 aromatic rings. The summed E-state index contributed by atoms with van der Waals surface area (Å²) < 4.78 is 7.35. The first kappa shape index (κ1) is 17.2. The molecule has 2 aliphatic heterocycles. The number of ether oxygens (including phenoxy) is 1. The quantitative estimate of drug-likeness (QED) is 0.796. The standard InChI is InChI=1S/C17H17Cl2N3O2S/c1-9-20-16-14(15(25-9)12-3-2-10(18)8-13(12)19)17(23)21-22(16)11-4-6-24-7-5-11/h2-3,8,11,15H,4-7H2,1H3,(H,21,23)/t15-/m1/s1. The highest BCUT2D eigenvalue weighted by Gasteiger charge is 2.33. The maximum atomic E-state index is 12.7. The molecule has 5 nitrogen and oxygen atoms in total. The van der Waals surface area contributed by atoms with Gasteiger partial charge in [0.15, 0.2) is 5.82 Å². The minimum atomic E-state index is -0.192. The molecule has 0 amide bonds. The van der Waals surface area contributed by atoms with E-state index in [-0.39, 0.29) is 16.9 Å². The largest absolute Gasteiger partial charge is 0.381 e. The van der Waals surface area contributed by atoms with E-state index >= 15 is 0 Å². The van der Waals surface area contributed by atoms with Crippen LogP contribution in [0.3, 0.4) is 0 Å². The third-order valence-corrected chi connectivity index (χ3v) is 6.27. The number of fused-ring (bicyclic) bond motifs is 1. The van der Waals surface area contributed by atoms with Crippen LogP contribution in [0.25, 0.3) is 0 Å². The van der Waals surface area contributed by atoms with Crippen molar-refractivity contribution in [3.63, 3.8) is 0 Å². The lowest BCUT2D eigenvalue weighted by molar-refractivity contribution is 0.0666. The fourth-order valence-electron chi connectivity index (χ4n) is 3.35. The summed E-state index contributed by atoms with van der Waals surface area (Å²) in [5.74, 6) is 0.712. The van der Waals surface area contributed by atoms with E-state index in [4.69, 9.17) is 27.9 Å². The number of hydrogen-bond donors (Lipinski definition) is 1. The van der Waals surface area contributed by atoms with Crippen LogP contribution in [0.2, 0.25) is 10.0 Å². The summed E-state index contributed by atoms with van der Waals surface area (Å²) in [5, 5.41) is 4.84. The van der Waals surface area contributed by atoms with Gasteiger partial charge < -0.3 is 4.74 Å². The zero-order valence-electron chi connectivity index (χ0n) is 13.6. The molecule has 0 aliphatic carbocycles. The SMILES string of the molecule is CC1=Nc2c(c(=O)[nH]n2C2CCOCC2)[C@@H](c2ccc(Cl)cc2Cl)S1. The van der Waals surface area contributed by atoms with Crippen LogP contribution in [0.1, 0.15) is 42.2 Å². The van der Waals surface area contributed by atoms with E-state index in [0.717, 1.165) is 23.4 Å². The van der Waals surface area contributed by atoms with Gasteiger partial charge in [-0.1, -0.05) is 41.0 Å². The number of benzene rings is 1. The van der Waals surface area contributed by atoms with Gasteiger partial charge in [-0.25, -0.2) is 4.99 Å². The van der Waals surface area contributed by atoms with Crippen molar-refractivity contribution in [1.29, 1.82) is 0 Å². The molecule has 1 aromatic heterocycles. The average molecular weight is 398 g/mol. The molecule has 25 heavy (non-hydrogen) atoms. The number of rotatable bonds is 2. The van der Waals surface area contributed by atoms with Crippen LogP contribution >= 0.6 is 35.0 Å². The topological polar surface area (TPSA) is 59.4 Å². The summed E-state index contributed by atoms with van der Waals surface area (Å²) in [6.07, 6.45) is 1.73. The van der Waals surface area contributed by atoms with Crippen LogP contribution in [-0.4, -0.2) is 28.0 Å². The van der Waals surface area contributed by atoms with E-state index in [1.54, 1.807) is 23.9 Å². The Morgan fingerprint density at radius 3 is 2.80 bits per heavy atom. The van der Waals surface area contributed by atoms with Crippen molar-refractivity contribution in [3.8, 4) is 0 Å². The summed E-state index contributed by atoms with van der Waals surface area (Å²) in [4.78, 5) is 17.4. The molecule has 132 valence electrons. The summed E-state index contributed by atoms with van der Waals surface area (Å²) in [7, 11) is 0. The Balaban J connectivity index is 1.83. The van der Waals surface area contributed by atoms with Crippen LogP contribution in [0.5, 0.6) is 0 Å². The molecule has 1 aromatic carbocycles. The lowest BCUT2D eigenvalue weighted by Crippen LogP contribution is -2.21. The van der Waals surface area contributed by atoms with Crippen LogP contribution < -0.4 is 5.56 Å². The van der Waals surface area contributed by atoms with E-state index in [1.807, 2.05) is 17.7 Å². The highest BCUT2D eigenvalue weighted by Crippen LogP contribution is 2.46. The highest BCUT2D eigenvalue weighted by atomic mass is 35.5. The molecule has 0 saturated carbocycles. The molecule has 4 rings (SSSR count). The van der Waals surface area contributed by atoms with Gasteiger partial charge in [-0.2, -0.15) is 0 Å². The Bertz CT molecular complexity index is 900. The lowest BCUT2D eigenvalue weighted by atomic mass is 10.1. The van der Waals surface area contributed by atoms with Gasteiger partial charge in [0.2, 0.25) is 0 Å². The van der Waals surface area contributed by atoms with Crippen LogP contribution in [0, 0.1) is 0 Å². The van der Waals surface area contributed by atoms with Gasteiger partial charge in [-0.3, -0.25) is 14.6 Å². The third kappa shape index (κ3) is 3.16. The maximum absolute atomic E-state index is 12.7. The van der Waals surface area contributed by atoms with Gasteiger partial charge in [0.05, 0.1) is 21.9 Å². The van der Waals surface area contributed by atoms with E-state index in [2.05, 4.69) is 10.1 Å². The van der Waals surface area contributed by atoms with E-state index in [1.165, 1.54) is 0 Å². The molecule has 2 aliphatic rings. The summed E-state index contributed by atoms with van der Waals surface area (Å²) in [6, 6.07) is 5.60. The number of nitrogens with one attached hydrogen (secondary N) is 1. The summed E-state index contributed by atoms with van der Waals surface area (Å²) in [5.41, 5.74) is 1.43. The number of nitrogens with zero attached hydrogens (tertiary/aromatic N) is 2. The van der Waals surface area contributed by atoms with Crippen molar-refractivity contribution in [1.82, 2.24) is 9.78 Å². The molecule has 1 saturated heterocycles. The molecule has 0 spiro atoms. The molecule has 0 radical (unpaired) electrons. The first-order chi connectivity index (χ1) is 12.0. The van der Waals surface area contributed by atoms with Gasteiger partial charge in [-0.05, 0) is 37.5 Å². The minimum Gasteiger partial charge on any atom is -0.381 e. The Morgan fingerprint density at radius 2 is 2.08 bits per heavy atom. The van der Waals surface area contributed by atoms with Gasteiger partial charge in [-0.15, -0.1) is 0 Å². The smallest absolute Gasteiger partial charge is 0.271 e. The second-order valence-corrected chi connectivity index (χ2v) is 8.33. The second-order valence-electron chi connectivity index (χ2n) is 6.19. The summed E-state index contributed by atoms with van der Waals surface area (Å²) >= 11 is 14.0. The molecule has 1 atom stereocenters. The van der Waals surface area contributed by atoms with Crippen LogP contribution in [-0.2, 0) is 4.74 Å². The van der Waals surface area contributed by atoms with Crippen molar-refractivity contribution in [2.75, 3.05) is 13.2 Å². The summed E-state index contributed by atoms with van der Waals surface area (Å²) in [6.45, 7) is 3.35. The van der Waals surface area contributed by atoms with E-state index in [9.17, 15) is 4.79 Å². The molecule has 1 fully saturated rings. The maximum Gasteiger partial charge on any atom is 0.271 e. The average Bonchev–Trinajstić information content (AvgIpc) is 2.92. The molecular formula is C17H17Cl2N3O2S. The zero-order chi connectivity index (χ0) is 17.6. The first-order valence-electron chi connectivity index (χ1n) is 8.13. The number of hydrogen-bond acceptors (Lipinski definition) is 4. The number of aromatic nitrogens is 2. The number of halogens is 2. The lowest BCUT2D eigenvalue weighted by Gasteiger charge is -2.26. The number of aliphatic imine (C=N–C) groups is 1. The second kappa shape index (κ2) is 6.83. The van der Waals surface area contributed by atoms with Gasteiger partial charge >= 0.3 is 0 Å². The normalized spacial score (nSPS) is 21.1. The molecule has 0 bridgehead atoms. The Labute approximate surface area is 159 Å². The molecule has 8 heteroatoms. The van der Waals surface area contributed by atoms with Crippen LogP contribution in [0.4, 0.5) is 5.82 Å². The Hall–Kier alpha value is -1.21. The Kier molecular flexibility index (Phi) is 4.71. The van der Waals surface area contributed by atoms with Crippen LogP contribution in [0.15, 0.2) is 28.0 Å². The van der Waals surface area contributed by atoms with Gasteiger partial charge in [0, 0.05) is 23.3 Å². The van der Waals surface area contributed by atoms with E-state index in [0.29, 0.717) is 34.6 Å². The molecular weight excluding hydrogens is 381 g/mol. The van der Waals surface area contributed by atoms with Crippen molar-refractivity contribution >= 4 is 45.8 Å². The number of aromatic amines is 1.